The van der Waals surface area contributed by atoms with E-state index in [1.54, 1.807) is 37.0 Å². The first-order valence-corrected chi connectivity index (χ1v) is 14.7. The lowest BCUT2D eigenvalue weighted by atomic mass is 10.1. The van der Waals surface area contributed by atoms with Crippen molar-refractivity contribution in [2.24, 2.45) is 11.8 Å². The quantitative estimate of drug-likeness (QED) is 0.128. The zero-order valence-electron chi connectivity index (χ0n) is 18.8. The molecular formula is C22H50Br2P2. The number of hydrogen-bond acceptors (Lipinski definition) is 0. The lowest BCUT2D eigenvalue weighted by Crippen LogP contribution is -2.03. The van der Waals surface area contributed by atoms with Gasteiger partial charge < -0.3 is 0 Å². The number of rotatable bonds is 17. The van der Waals surface area contributed by atoms with Crippen LogP contribution in [0.25, 0.3) is 0 Å². The smallest absolute Gasteiger partial charge is 0.0286 e. The van der Waals surface area contributed by atoms with Crippen LogP contribution >= 0.6 is 49.8 Å². The Kier molecular flexibility index (Phi) is 28.9. The first-order chi connectivity index (χ1) is 11.5. The van der Waals surface area contributed by atoms with Crippen molar-refractivity contribution in [2.75, 3.05) is 37.0 Å². The van der Waals surface area contributed by atoms with E-state index < -0.39 is 0 Å². The molecule has 162 valence electrons. The summed E-state index contributed by atoms with van der Waals surface area (Å²) >= 11 is 0. The third-order valence-corrected chi connectivity index (χ3v) is 10.9. The molecule has 0 spiro atoms. The molecule has 0 saturated heterocycles. The summed E-state index contributed by atoms with van der Waals surface area (Å²) in [6, 6.07) is 0. The van der Waals surface area contributed by atoms with Gasteiger partial charge in [0, 0.05) is 0 Å². The van der Waals surface area contributed by atoms with Gasteiger partial charge >= 0.3 is 0 Å². The molecule has 0 saturated carbocycles. The predicted octanol–water partition coefficient (Wildman–Crippen LogP) is 9.58. The van der Waals surface area contributed by atoms with Gasteiger partial charge in [-0.2, -0.15) is 0 Å². The predicted molar refractivity (Wildman–Crippen MR) is 142 cm³/mol. The van der Waals surface area contributed by atoms with Gasteiger partial charge in [0.15, 0.2) is 0 Å². The van der Waals surface area contributed by atoms with Crippen molar-refractivity contribution in [3.8, 4) is 0 Å². The molecule has 0 radical (unpaired) electrons. The Morgan fingerprint density at radius 1 is 0.500 bits per heavy atom. The molecule has 4 heteroatoms. The molecule has 0 aromatic heterocycles. The topological polar surface area (TPSA) is 0 Å². The molecule has 0 aliphatic rings. The van der Waals surface area contributed by atoms with Crippen molar-refractivity contribution < 1.29 is 0 Å². The Morgan fingerprint density at radius 3 is 1.12 bits per heavy atom. The molecule has 0 nitrogen and oxygen atoms in total. The van der Waals surface area contributed by atoms with E-state index in [2.05, 4.69) is 41.5 Å². The molecule has 0 aromatic rings. The van der Waals surface area contributed by atoms with Crippen molar-refractivity contribution in [2.45, 2.75) is 92.9 Å². The van der Waals surface area contributed by atoms with Gasteiger partial charge in [0.25, 0.3) is 0 Å². The molecule has 0 rings (SSSR count). The molecule has 2 unspecified atom stereocenters. The zero-order valence-corrected chi connectivity index (χ0v) is 24.0. The summed E-state index contributed by atoms with van der Waals surface area (Å²) in [5.74, 6) is 1.79. The fraction of sp³-hybridized carbons (Fsp3) is 1.00. The highest BCUT2D eigenvalue weighted by Gasteiger charge is 2.12. The van der Waals surface area contributed by atoms with Gasteiger partial charge in [-0.15, -0.1) is 49.8 Å². The largest absolute Gasteiger partial charge is 0.114 e. The van der Waals surface area contributed by atoms with Crippen molar-refractivity contribution in [1.29, 1.82) is 0 Å². The van der Waals surface area contributed by atoms with Crippen molar-refractivity contribution in [3.63, 3.8) is 0 Å². The maximum atomic E-state index is 2.39. The molecule has 0 fully saturated rings. The Labute approximate surface area is 190 Å². The molecule has 0 heterocycles. The van der Waals surface area contributed by atoms with E-state index in [0.29, 0.717) is 15.8 Å². The first kappa shape index (κ1) is 32.5. The normalized spacial score (nSPS) is 13.4. The van der Waals surface area contributed by atoms with Crippen LogP contribution in [0.1, 0.15) is 92.9 Å². The Hall–Kier alpha value is 1.82. The lowest BCUT2D eigenvalue weighted by Gasteiger charge is -2.22. The van der Waals surface area contributed by atoms with E-state index >= 15 is 0 Å². The van der Waals surface area contributed by atoms with Gasteiger partial charge in [0.1, 0.15) is 0 Å². The third-order valence-electron chi connectivity index (χ3n) is 4.82. The summed E-state index contributed by atoms with van der Waals surface area (Å²) in [6.45, 7) is 14.3. The standard InChI is InChI=1S/C22H48P2.2BrH/c1-7-15-23(17-11-9-13-21(3)4)19-20-24(16-8-2)18-12-10-14-22(5)6;;/h21-22H,7-20H2,1-6H3;2*1H. The molecule has 0 amide bonds. The Bertz CT molecular complexity index is 235. The monoisotopic (exact) mass is 534 g/mol. The Morgan fingerprint density at radius 2 is 0.846 bits per heavy atom. The molecule has 26 heavy (non-hydrogen) atoms. The number of unbranched alkanes of at least 4 members (excludes halogenated alkanes) is 2. The lowest BCUT2D eigenvalue weighted by molar-refractivity contribution is 0.550. The summed E-state index contributed by atoms with van der Waals surface area (Å²) in [6.07, 6.45) is 21.1. The minimum atomic E-state index is 0. The summed E-state index contributed by atoms with van der Waals surface area (Å²) < 4.78 is 0. The van der Waals surface area contributed by atoms with E-state index in [0.717, 1.165) is 11.8 Å². The van der Waals surface area contributed by atoms with Gasteiger partial charge in [-0.3, -0.25) is 0 Å². The van der Waals surface area contributed by atoms with Crippen molar-refractivity contribution >= 4 is 49.8 Å². The fourth-order valence-electron chi connectivity index (χ4n) is 3.36. The van der Waals surface area contributed by atoms with Gasteiger partial charge in [0.05, 0.1) is 0 Å². The highest BCUT2D eigenvalue weighted by Crippen LogP contribution is 2.45. The van der Waals surface area contributed by atoms with Crippen LogP contribution in [0.4, 0.5) is 0 Å². The van der Waals surface area contributed by atoms with Gasteiger partial charge in [0.2, 0.25) is 0 Å². The molecule has 2 atom stereocenters. The highest BCUT2D eigenvalue weighted by molar-refractivity contribution is 8.93. The second kappa shape index (κ2) is 23.1. The average Bonchev–Trinajstić information content (AvgIpc) is 2.52. The van der Waals surface area contributed by atoms with E-state index in [9.17, 15) is 0 Å². The minimum Gasteiger partial charge on any atom is -0.114 e. The van der Waals surface area contributed by atoms with Crippen LogP contribution in [-0.2, 0) is 0 Å². The summed E-state index contributed by atoms with van der Waals surface area (Å²) in [4.78, 5) is 0. The van der Waals surface area contributed by atoms with Crippen LogP contribution in [0.2, 0.25) is 0 Å². The number of hydrogen-bond donors (Lipinski definition) is 0. The average molecular weight is 536 g/mol. The third kappa shape index (κ3) is 22.1. The minimum absolute atomic E-state index is 0. The fourth-order valence-corrected chi connectivity index (χ4v) is 9.57. The molecule has 0 N–H and O–H groups in total. The summed E-state index contributed by atoms with van der Waals surface area (Å²) in [7, 11) is 0.705. The van der Waals surface area contributed by atoms with Gasteiger partial charge in [-0.05, 0) is 61.6 Å². The summed E-state index contributed by atoms with van der Waals surface area (Å²) in [5.41, 5.74) is 0. The second-order valence-electron chi connectivity index (χ2n) is 8.46. The van der Waals surface area contributed by atoms with Crippen molar-refractivity contribution in [3.05, 3.63) is 0 Å². The van der Waals surface area contributed by atoms with E-state index in [4.69, 9.17) is 0 Å². The second-order valence-corrected chi connectivity index (χ2v) is 13.8. The first-order valence-electron chi connectivity index (χ1n) is 10.9. The van der Waals surface area contributed by atoms with Crippen LogP contribution in [-0.4, -0.2) is 37.0 Å². The maximum absolute atomic E-state index is 2.39. The molecule has 0 bridgehead atoms. The maximum Gasteiger partial charge on any atom is -0.0286 e. The van der Waals surface area contributed by atoms with Crippen LogP contribution in [0.3, 0.4) is 0 Å². The van der Waals surface area contributed by atoms with E-state index in [1.165, 1.54) is 51.4 Å². The highest BCUT2D eigenvalue weighted by atomic mass is 79.9. The van der Waals surface area contributed by atoms with E-state index in [-0.39, 0.29) is 34.0 Å². The van der Waals surface area contributed by atoms with Crippen LogP contribution in [0.15, 0.2) is 0 Å². The molecule has 0 aliphatic carbocycles. The van der Waals surface area contributed by atoms with Crippen molar-refractivity contribution in [1.82, 2.24) is 0 Å². The summed E-state index contributed by atoms with van der Waals surface area (Å²) in [5, 5.41) is 0. The van der Waals surface area contributed by atoms with Crippen LogP contribution < -0.4 is 0 Å². The molecule has 0 aliphatic heterocycles. The van der Waals surface area contributed by atoms with E-state index in [1.807, 2.05) is 0 Å². The van der Waals surface area contributed by atoms with Gasteiger partial charge in [-0.1, -0.05) is 80.1 Å². The van der Waals surface area contributed by atoms with Gasteiger partial charge in [-0.25, -0.2) is 0 Å². The SMILES string of the molecule is Br.Br.CCCP(CCCCC(C)C)CCP(CCC)CCCCC(C)C. The zero-order chi connectivity index (χ0) is 18.2. The molecule has 0 aromatic carbocycles. The number of halogens is 2. The van der Waals surface area contributed by atoms with Crippen LogP contribution in [0, 0.1) is 11.8 Å². The van der Waals surface area contributed by atoms with Crippen LogP contribution in [0.5, 0.6) is 0 Å². The Balaban J connectivity index is -0.00000264. The molecular weight excluding hydrogens is 486 g/mol.